The smallest absolute Gasteiger partial charge is 0.229 e. The molecular weight excluding hydrogens is 317 g/mol. The summed E-state index contributed by atoms with van der Waals surface area (Å²) in [4.78, 5) is 0. The first-order valence-corrected chi connectivity index (χ1v) is 6.64. The number of benzene rings is 1. The predicted molar refractivity (Wildman–Crippen MR) is 72.1 cm³/mol. The van der Waals surface area contributed by atoms with E-state index in [1.807, 2.05) is 0 Å². The SMILES string of the molecule is Cc1nnc(Cl)n1-c1c(Cl)cc(Cl)c2nsnc12. The summed E-state index contributed by atoms with van der Waals surface area (Å²) in [5, 5.41) is 8.77. The molecule has 0 N–H and O–H groups in total. The van der Waals surface area contributed by atoms with Crippen molar-refractivity contribution in [3.05, 3.63) is 27.2 Å². The Morgan fingerprint density at radius 3 is 2.44 bits per heavy atom. The van der Waals surface area contributed by atoms with Crippen molar-refractivity contribution in [1.29, 1.82) is 0 Å². The molecule has 0 radical (unpaired) electrons. The van der Waals surface area contributed by atoms with Crippen molar-refractivity contribution in [2.75, 3.05) is 0 Å². The zero-order valence-electron chi connectivity index (χ0n) is 8.86. The minimum absolute atomic E-state index is 0.214. The largest absolute Gasteiger partial charge is 0.266 e. The molecule has 0 atom stereocenters. The molecule has 3 rings (SSSR count). The molecule has 18 heavy (non-hydrogen) atoms. The van der Waals surface area contributed by atoms with Crippen molar-refractivity contribution >= 4 is 57.6 Å². The third-order valence-electron chi connectivity index (χ3n) is 2.43. The molecule has 0 saturated heterocycles. The van der Waals surface area contributed by atoms with Crippen LogP contribution in [0, 0.1) is 6.92 Å². The van der Waals surface area contributed by atoms with E-state index in [2.05, 4.69) is 18.9 Å². The highest BCUT2D eigenvalue weighted by atomic mass is 35.5. The van der Waals surface area contributed by atoms with E-state index in [1.165, 1.54) is 0 Å². The summed E-state index contributed by atoms with van der Waals surface area (Å²) in [6.45, 7) is 1.77. The van der Waals surface area contributed by atoms with Gasteiger partial charge >= 0.3 is 0 Å². The van der Waals surface area contributed by atoms with E-state index >= 15 is 0 Å². The second-order valence-corrected chi connectivity index (χ2v) is 5.18. The number of halogens is 3. The summed E-state index contributed by atoms with van der Waals surface area (Å²) in [6.07, 6.45) is 0. The highest BCUT2D eigenvalue weighted by molar-refractivity contribution is 7.00. The number of hydrogen-bond donors (Lipinski definition) is 0. The molecule has 0 aliphatic heterocycles. The van der Waals surface area contributed by atoms with Gasteiger partial charge in [0.1, 0.15) is 16.9 Å². The van der Waals surface area contributed by atoms with Crippen molar-refractivity contribution in [3.63, 3.8) is 0 Å². The maximum absolute atomic E-state index is 6.22. The van der Waals surface area contributed by atoms with Crippen molar-refractivity contribution in [1.82, 2.24) is 23.5 Å². The summed E-state index contributed by atoms with van der Waals surface area (Å²) in [6, 6.07) is 1.61. The molecular formula is C9H4Cl3N5S. The fourth-order valence-electron chi connectivity index (χ4n) is 1.67. The third-order valence-corrected chi connectivity index (χ3v) is 3.78. The predicted octanol–water partition coefficient (Wildman–Crippen LogP) is 3.54. The molecule has 2 heterocycles. The standard InChI is InChI=1S/C9H4Cl3N5S/c1-3-13-14-9(12)17(3)8-5(11)2-4(10)6-7(8)16-18-15-6/h2H,1H3. The van der Waals surface area contributed by atoms with Gasteiger partial charge in [0.25, 0.3) is 0 Å². The van der Waals surface area contributed by atoms with Crippen LogP contribution >= 0.6 is 46.5 Å². The lowest BCUT2D eigenvalue weighted by molar-refractivity contribution is 0.974. The van der Waals surface area contributed by atoms with Gasteiger partial charge in [0, 0.05) is 0 Å². The first-order chi connectivity index (χ1) is 8.59. The van der Waals surface area contributed by atoms with Gasteiger partial charge in [0.05, 0.1) is 27.5 Å². The van der Waals surface area contributed by atoms with Crippen molar-refractivity contribution in [2.45, 2.75) is 6.92 Å². The number of aryl methyl sites for hydroxylation is 1. The van der Waals surface area contributed by atoms with Gasteiger partial charge in [-0.15, -0.1) is 10.2 Å². The Morgan fingerprint density at radius 1 is 1.06 bits per heavy atom. The molecule has 9 heteroatoms. The Bertz CT molecular complexity index is 731. The van der Waals surface area contributed by atoms with Gasteiger partial charge in [-0.3, -0.25) is 4.57 Å². The fraction of sp³-hybridized carbons (Fsp3) is 0.111. The molecule has 0 unspecified atom stereocenters. The lowest BCUT2D eigenvalue weighted by atomic mass is 10.2. The number of nitrogens with zero attached hydrogens (tertiary/aromatic N) is 5. The zero-order valence-corrected chi connectivity index (χ0v) is 11.9. The molecule has 0 amide bonds. The number of hydrogen-bond acceptors (Lipinski definition) is 5. The van der Waals surface area contributed by atoms with Crippen LogP contribution in [-0.2, 0) is 0 Å². The molecule has 5 nitrogen and oxygen atoms in total. The minimum Gasteiger partial charge on any atom is -0.266 e. The van der Waals surface area contributed by atoms with Crippen LogP contribution in [0.2, 0.25) is 15.3 Å². The van der Waals surface area contributed by atoms with E-state index in [-0.39, 0.29) is 5.28 Å². The van der Waals surface area contributed by atoms with E-state index in [1.54, 1.807) is 17.6 Å². The van der Waals surface area contributed by atoms with Crippen molar-refractivity contribution in [3.8, 4) is 5.69 Å². The first-order valence-electron chi connectivity index (χ1n) is 4.77. The summed E-state index contributed by atoms with van der Waals surface area (Å²) in [5.74, 6) is 0.610. The second-order valence-electron chi connectivity index (χ2n) is 3.50. The van der Waals surface area contributed by atoms with Gasteiger partial charge in [-0.1, -0.05) is 23.2 Å². The van der Waals surface area contributed by atoms with E-state index in [9.17, 15) is 0 Å². The third kappa shape index (κ3) is 1.68. The van der Waals surface area contributed by atoms with Crippen LogP contribution in [0.15, 0.2) is 6.07 Å². The van der Waals surface area contributed by atoms with Gasteiger partial charge < -0.3 is 0 Å². The highest BCUT2D eigenvalue weighted by Gasteiger charge is 2.19. The average Bonchev–Trinajstić information content (AvgIpc) is 2.90. The maximum Gasteiger partial charge on any atom is 0.229 e. The Hall–Kier alpha value is -0.950. The van der Waals surface area contributed by atoms with Crippen LogP contribution in [-0.4, -0.2) is 23.5 Å². The molecule has 2 aromatic heterocycles. The first kappa shape index (κ1) is 12.1. The monoisotopic (exact) mass is 319 g/mol. The van der Waals surface area contributed by atoms with Gasteiger partial charge in [0.2, 0.25) is 5.28 Å². The normalized spacial score (nSPS) is 11.3. The quantitative estimate of drug-likeness (QED) is 0.688. The molecule has 0 saturated carbocycles. The molecule has 92 valence electrons. The molecule has 0 aliphatic rings. The minimum atomic E-state index is 0.214. The maximum atomic E-state index is 6.22. The Kier molecular flexibility index (Phi) is 2.90. The molecule has 0 fully saturated rings. The Balaban J connectivity index is 2.46. The van der Waals surface area contributed by atoms with Crippen LogP contribution in [0.3, 0.4) is 0 Å². The van der Waals surface area contributed by atoms with Gasteiger partial charge in [-0.05, 0) is 24.6 Å². The van der Waals surface area contributed by atoms with E-state index in [0.717, 1.165) is 11.7 Å². The lowest BCUT2D eigenvalue weighted by Crippen LogP contribution is -2.00. The number of fused-ring (bicyclic) bond motifs is 1. The number of aromatic nitrogens is 5. The van der Waals surface area contributed by atoms with Gasteiger partial charge in [-0.2, -0.15) is 8.75 Å². The fourth-order valence-corrected chi connectivity index (χ4v) is 3.10. The Labute approximate surface area is 121 Å². The average molecular weight is 321 g/mol. The van der Waals surface area contributed by atoms with Crippen LogP contribution in [0.5, 0.6) is 0 Å². The van der Waals surface area contributed by atoms with Gasteiger partial charge in [-0.25, -0.2) is 0 Å². The molecule has 0 bridgehead atoms. The summed E-state index contributed by atoms with van der Waals surface area (Å²) >= 11 is 19.4. The Morgan fingerprint density at radius 2 is 1.78 bits per heavy atom. The van der Waals surface area contributed by atoms with Gasteiger partial charge in [0.15, 0.2) is 0 Å². The van der Waals surface area contributed by atoms with Crippen molar-refractivity contribution < 1.29 is 0 Å². The molecule has 1 aromatic carbocycles. The van der Waals surface area contributed by atoms with Crippen LogP contribution in [0.4, 0.5) is 0 Å². The zero-order chi connectivity index (χ0) is 12.9. The number of rotatable bonds is 1. The summed E-state index contributed by atoms with van der Waals surface area (Å²) in [5.41, 5.74) is 1.77. The molecule has 0 aliphatic carbocycles. The summed E-state index contributed by atoms with van der Waals surface area (Å²) < 4.78 is 9.95. The molecule has 3 aromatic rings. The molecule has 0 spiro atoms. The van der Waals surface area contributed by atoms with E-state index in [0.29, 0.717) is 32.6 Å². The highest BCUT2D eigenvalue weighted by Crippen LogP contribution is 2.35. The van der Waals surface area contributed by atoms with Crippen LogP contribution in [0.25, 0.3) is 16.7 Å². The second kappa shape index (κ2) is 4.31. The van der Waals surface area contributed by atoms with Crippen LogP contribution < -0.4 is 0 Å². The topological polar surface area (TPSA) is 56.5 Å². The lowest BCUT2D eigenvalue weighted by Gasteiger charge is -2.08. The van der Waals surface area contributed by atoms with Crippen LogP contribution in [0.1, 0.15) is 5.82 Å². The van der Waals surface area contributed by atoms with Crippen molar-refractivity contribution in [2.24, 2.45) is 0 Å². The van der Waals surface area contributed by atoms with E-state index in [4.69, 9.17) is 34.8 Å². The summed E-state index contributed by atoms with van der Waals surface area (Å²) in [7, 11) is 0. The van der Waals surface area contributed by atoms with E-state index < -0.39 is 0 Å².